The molecule has 3 aromatic rings. The van der Waals surface area contributed by atoms with E-state index in [1.807, 2.05) is 29.9 Å². The highest BCUT2D eigenvalue weighted by molar-refractivity contribution is 5.92. The summed E-state index contributed by atoms with van der Waals surface area (Å²) >= 11 is 0. The molecule has 0 saturated carbocycles. The Balaban J connectivity index is 1.61. The molecular weight excluding hydrogens is 337 g/mol. The van der Waals surface area contributed by atoms with Gasteiger partial charge in [0.1, 0.15) is 11.8 Å². The second-order valence-corrected chi connectivity index (χ2v) is 6.29. The first-order valence-electron chi connectivity index (χ1n) is 8.28. The fraction of sp³-hybridized carbons (Fsp3) is 0.278. The van der Waals surface area contributed by atoms with Gasteiger partial charge in [0.25, 0.3) is 11.8 Å². The quantitative estimate of drug-likeness (QED) is 0.719. The predicted molar refractivity (Wildman–Crippen MR) is 91.0 cm³/mol. The number of carbonyl (C=O) groups excluding carboxylic acids is 1. The smallest absolute Gasteiger partial charge is 0.274 e. The summed E-state index contributed by atoms with van der Waals surface area (Å²) in [5, 5.41) is 0. The molecule has 1 aliphatic heterocycles. The van der Waals surface area contributed by atoms with E-state index in [2.05, 4.69) is 9.97 Å². The van der Waals surface area contributed by atoms with Crippen LogP contribution in [0.15, 0.2) is 49.2 Å². The maximum atomic E-state index is 13.9. The van der Waals surface area contributed by atoms with Gasteiger partial charge in [0, 0.05) is 31.3 Å². The molecule has 1 amide bonds. The van der Waals surface area contributed by atoms with E-state index in [0.29, 0.717) is 25.3 Å². The second kappa shape index (κ2) is 6.62. The molecular formula is C18H18FN5O2. The zero-order valence-corrected chi connectivity index (χ0v) is 14.2. The van der Waals surface area contributed by atoms with Crippen molar-refractivity contribution in [3.63, 3.8) is 0 Å². The SMILES string of the molecule is Cn1cnc(C(=O)N2Cc3cccn3C[C@@H](Oc3ncccc3F)C2)c1. The Kier molecular flexibility index (Phi) is 4.16. The van der Waals surface area contributed by atoms with Crippen LogP contribution in [0.3, 0.4) is 0 Å². The van der Waals surface area contributed by atoms with Gasteiger partial charge in [-0.3, -0.25) is 4.79 Å². The Labute approximate surface area is 149 Å². The molecule has 4 heterocycles. The van der Waals surface area contributed by atoms with Crippen molar-refractivity contribution in [1.29, 1.82) is 0 Å². The van der Waals surface area contributed by atoms with Gasteiger partial charge in [-0.2, -0.15) is 0 Å². The number of imidazole rings is 1. The van der Waals surface area contributed by atoms with Gasteiger partial charge in [0.05, 0.1) is 26.0 Å². The summed E-state index contributed by atoms with van der Waals surface area (Å²) in [4.78, 5) is 22.6. The number of aromatic nitrogens is 4. The third kappa shape index (κ3) is 3.17. The van der Waals surface area contributed by atoms with Crippen LogP contribution in [0, 0.1) is 5.82 Å². The number of ether oxygens (including phenoxy) is 1. The highest BCUT2D eigenvalue weighted by atomic mass is 19.1. The van der Waals surface area contributed by atoms with Gasteiger partial charge in [-0.25, -0.2) is 14.4 Å². The molecule has 0 fully saturated rings. The molecule has 1 atom stereocenters. The lowest BCUT2D eigenvalue weighted by Gasteiger charge is -2.24. The zero-order valence-electron chi connectivity index (χ0n) is 14.2. The van der Waals surface area contributed by atoms with Gasteiger partial charge in [0.2, 0.25) is 0 Å². The molecule has 7 nitrogen and oxygen atoms in total. The number of fused-ring (bicyclic) bond motifs is 1. The van der Waals surface area contributed by atoms with Crippen molar-refractivity contribution >= 4 is 5.91 Å². The number of rotatable bonds is 3. The van der Waals surface area contributed by atoms with E-state index in [4.69, 9.17) is 4.74 Å². The van der Waals surface area contributed by atoms with Crippen molar-refractivity contribution in [3.8, 4) is 5.88 Å². The topological polar surface area (TPSA) is 65.2 Å². The minimum atomic E-state index is -0.521. The normalized spacial score (nSPS) is 16.8. The van der Waals surface area contributed by atoms with Crippen LogP contribution in [0.1, 0.15) is 16.2 Å². The lowest BCUT2D eigenvalue weighted by molar-refractivity contribution is 0.0635. The molecule has 0 N–H and O–H groups in total. The molecule has 0 aromatic carbocycles. The van der Waals surface area contributed by atoms with Crippen molar-refractivity contribution in [2.24, 2.45) is 7.05 Å². The molecule has 0 saturated heterocycles. The number of hydrogen-bond acceptors (Lipinski definition) is 4. The van der Waals surface area contributed by atoms with Crippen LogP contribution in [0.2, 0.25) is 0 Å². The molecule has 26 heavy (non-hydrogen) atoms. The fourth-order valence-electron chi connectivity index (χ4n) is 3.08. The Bertz CT molecular complexity index is 935. The number of amides is 1. The average molecular weight is 355 g/mol. The van der Waals surface area contributed by atoms with Crippen LogP contribution in [0.25, 0.3) is 0 Å². The number of pyridine rings is 1. The number of hydrogen-bond donors (Lipinski definition) is 0. The number of nitrogens with zero attached hydrogens (tertiary/aromatic N) is 5. The first-order chi connectivity index (χ1) is 12.6. The third-order valence-corrected chi connectivity index (χ3v) is 4.31. The van der Waals surface area contributed by atoms with E-state index < -0.39 is 11.9 Å². The van der Waals surface area contributed by atoms with Crippen molar-refractivity contribution in [3.05, 3.63) is 66.4 Å². The van der Waals surface area contributed by atoms with Crippen LogP contribution in [0.5, 0.6) is 5.88 Å². The lowest BCUT2D eigenvalue weighted by atomic mass is 10.3. The first kappa shape index (κ1) is 16.3. The Hall–Kier alpha value is -3.16. The number of halogens is 1. The van der Waals surface area contributed by atoms with Crippen LogP contribution in [0.4, 0.5) is 4.39 Å². The molecule has 0 radical (unpaired) electrons. The van der Waals surface area contributed by atoms with E-state index in [1.165, 1.54) is 18.3 Å². The first-order valence-corrected chi connectivity index (χ1v) is 8.28. The van der Waals surface area contributed by atoms with Gasteiger partial charge in [-0.05, 0) is 24.3 Å². The van der Waals surface area contributed by atoms with Gasteiger partial charge < -0.3 is 18.8 Å². The Morgan fingerprint density at radius 2 is 2.15 bits per heavy atom. The summed E-state index contributed by atoms with van der Waals surface area (Å²) in [6, 6.07) is 6.69. The molecule has 0 bridgehead atoms. The molecule has 1 aliphatic rings. The third-order valence-electron chi connectivity index (χ3n) is 4.31. The molecule has 134 valence electrons. The summed E-state index contributed by atoms with van der Waals surface area (Å²) in [7, 11) is 1.81. The number of aryl methyl sites for hydroxylation is 1. The van der Waals surface area contributed by atoms with E-state index >= 15 is 0 Å². The number of carbonyl (C=O) groups is 1. The maximum Gasteiger partial charge on any atom is 0.274 e. The second-order valence-electron chi connectivity index (χ2n) is 6.29. The Morgan fingerprint density at radius 3 is 2.92 bits per heavy atom. The fourth-order valence-corrected chi connectivity index (χ4v) is 3.08. The van der Waals surface area contributed by atoms with Crippen molar-refractivity contribution in [2.45, 2.75) is 19.2 Å². The summed E-state index contributed by atoms with van der Waals surface area (Å²) < 4.78 is 23.4. The lowest BCUT2D eigenvalue weighted by Crippen LogP contribution is -2.39. The van der Waals surface area contributed by atoms with Crippen LogP contribution in [-0.4, -0.2) is 42.6 Å². The van der Waals surface area contributed by atoms with E-state index in [9.17, 15) is 9.18 Å². The summed E-state index contributed by atoms with van der Waals surface area (Å²) in [5.41, 5.74) is 1.36. The molecule has 3 aromatic heterocycles. The predicted octanol–water partition coefficient (Wildman–Crippen LogP) is 1.86. The van der Waals surface area contributed by atoms with Crippen LogP contribution >= 0.6 is 0 Å². The van der Waals surface area contributed by atoms with Gasteiger partial charge >= 0.3 is 0 Å². The molecule has 0 spiro atoms. The maximum absolute atomic E-state index is 13.9. The molecule has 0 unspecified atom stereocenters. The van der Waals surface area contributed by atoms with Gasteiger partial charge in [-0.15, -0.1) is 0 Å². The van der Waals surface area contributed by atoms with Crippen molar-refractivity contribution in [1.82, 2.24) is 24.0 Å². The van der Waals surface area contributed by atoms with Crippen LogP contribution < -0.4 is 4.74 Å². The minimum Gasteiger partial charge on any atom is -0.468 e. The van der Waals surface area contributed by atoms with Crippen LogP contribution in [-0.2, 0) is 20.1 Å². The van der Waals surface area contributed by atoms with Crippen molar-refractivity contribution in [2.75, 3.05) is 6.54 Å². The van der Waals surface area contributed by atoms with E-state index in [0.717, 1.165) is 5.69 Å². The monoisotopic (exact) mass is 355 g/mol. The highest BCUT2D eigenvalue weighted by Gasteiger charge is 2.28. The Morgan fingerprint density at radius 1 is 1.27 bits per heavy atom. The summed E-state index contributed by atoms with van der Waals surface area (Å²) in [6.45, 7) is 1.25. The molecule has 8 heteroatoms. The summed E-state index contributed by atoms with van der Waals surface area (Å²) in [6.07, 6.45) is 6.24. The minimum absolute atomic E-state index is 0.0571. The largest absolute Gasteiger partial charge is 0.468 e. The molecule has 4 rings (SSSR count). The summed E-state index contributed by atoms with van der Waals surface area (Å²) in [5.74, 6) is -0.763. The zero-order chi connectivity index (χ0) is 18.1. The standard InChI is InChI=1S/C18H18FN5O2/c1-22-11-16(21-12-22)18(25)24-8-13-4-3-7-23(13)9-14(10-24)26-17-15(19)5-2-6-20-17/h2-7,11-12,14H,8-10H2,1H3/t14-/m1/s1. The van der Waals surface area contributed by atoms with Gasteiger partial charge in [-0.1, -0.05) is 0 Å². The van der Waals surface area contributed by atoms with Crippen molar-refractivity contribution < 1.29 is 13.9 Å². The van der Waals surface area contributed by atoms with E-state index in [-0.39, 0.29) is 11.8 Å². The molecule has 0 aliphatic carbocycles. The highest BCUT2D eigenvalue weighted by Crippen LogP contribution is 2.20. The average Bonchev–Trinajstić information content (AvgIpc) is 3.21. The van der Waals surface area contributed by atoms with Gasteiger partial charge in [0.15, 0.2) is 5.82 Å². The van der Waals surface area contributed by atoms with E-state index in [1.54, 1.807) is 22.0 Å².